The summed E-state index contributed by atoms with van der Waals surface area (Å²) in [4.78, 5) is 0.956. The first-order valence-electron chi connectivity index (χ1n) is 6.02. The largest absolute Gasteiger partial charge is 0.490 e. The van der Waals surface area contributed by atoms with Crippen molar-refractivity contribution in [2.24, 2.45) is 0 Å². The molecule has 2 nitrogen and oxygen atoms in total. The smallest absolute Gasteiger partial charge is 0.161 e. The molecule has 1 aliphatic heterocycles. The van der Waals surface area contributed by atoms with Gasteiger partial charge in [0.25, 0.3) is 0 Å². The van der Waals surface area contributed by atoms with E-state index in [1.807, 2.05) is 29.6 Å². The third-order valence-corrected chi connectivity index (χ3v) is 4.96. The van der Waals surface area contributed by atoms with Crippen LogP contribution in [0.4, 0.5) is 0 Å². The molecule has 0 saturated heterocycles. The van der Waals surface area contributed by atoms with Crippen molar-refractivity contribution < 1.29 is 9.47 Å². The zero-order valence-corrected chi connectivity index (χ0v) is 12.4. The molecule has 2 heterocycles. The standard InChI is InChI=1S/C14H12Cl2O2S/c15-10-4-7-19-14(10)13(16)9-2-3-11-12(8-9)18-6-1-5-17-11/h2-4,7-8,13H,1,5-6H2. The Morgan fingerprint density at radius 3 is 2.63 bits per heavy atom. The maximum atomic E-state index is 6.49. The van der Waals surface area contributed by atoms with Crippen molar-refractivity contribution in [1.82, 2.24) is 0 Å². The van der Waals surface area contributed by atoms with Gasteiger partial charge >= 0.3 is 0 Å². The Morgan fingerprint density at radius 1 is 1.11 bits per heavy atom. The zero-order chi connectivity index (χ0) is 13.2. The average Bonchev–Trinajstić information content (AvgIpc) is 2.72. The van der Waals surface area contributed by atoms with Gasteiger partial charge in [-0.15, -0.1) is 22.9 Å². The first kappa shape index (κ1) is 13.1. The molecule has 1 aromatic carbocycles. The number of hydrogen-bond acceptors (Lipinski definition) is 3. The van der Waals surface area contributed by atoms with Gasteiger partial charge < -0.3 is 9.47 Å². The van der Waals surface area contributed by atoms with Crippen molar-refractivity contribution in [3.63, 3.8) is 0 Å². The van der Waals surface area contributed by atoms with Crippen LogP contribution < -0.4 is 9.47 Å². The summed E-state index contributed by atoms with van der Waals surface area (Å²) < 4.78 is 11.3. The molecule has 0 aliphatic carbocycles. The molecule has 5 heteroatoms. The summed E-state index contributed by atoms with van der Waals surface area (Å²) in [6.45, 7) is 1.36. The van der Waals surface area contributed by atoms with Crippen LogP contribution in [0.15, 0.2) is 29.6 Å². The second-order valence-corrected chi connectivity index (χ2v) is 6.04. The Hall–Kier alpha value is -0.900. The SMILES string of the molecule is Clc1ccsc1C(Cl)c1ccc2c(c1)OCCCO2. The Morgan fingerprint density at radius 2 is 1.89 bits per heavy atom. The van der Waals surface area contributed by atoms with Crippen LogP contribution >= 0.6 is 34.5 Å². The predicted octanol–water partition coefficient (Wildman–Crippen LogP) is 4.89. The molecule has 0 fully saturated rings. The number of alkyl halides is 1. The molecule has 1 unspecified atom stereocenters. The van der Waals surface area contributed by atoms with Gasteiger partial charge in [0.15, 0.2) is 11.5 Å². The first-order chi connectivity index (χ1) is 9.25. The van der Waals surface area contributed by atoms with Crippen molar-refractivity contribution in [3.05, 3.63) is 45.1 Å². The highest BCUT2D eigenvalue weighted by atomic mass is 35.5. The molecule has 0 N–H and O–H groups in total. The van der Waals surface area contributed by atoms with E-state index in [2.05, 4.69) is 0 Å². The molecular weight excluding hydrogens is 303 g/mol. The Balaban J connectivity index is 1.93. The van der Waals surface area contributed by atoms with Crippen LogP contribution in [0.3, 0.4) is 0 Å². The van der Waals surface area contributed by atoms with Gasteiger partial charge in [0.1, 0.15) is 0 Å². The summed E-state index contributed by atoms with van der Waals surface area (Å²) >= 11 is 14.2. The van der Waals surface area contributed by atoms with Crippen LogP contribution in [0.1, 0.15) is 22.2 Å². The lowest BCUT2D eigenvalue weighted by Crippen LogP contribution is -1.97. The maximum absolute atomic E-state index is 6.49. The number of ether oxygens (including phenoxy) is 2. The summed E-state index contributed by atoms with van der Waals surface area (Å²) in [6.07, 6.45) is 0.894. The molecule has 0 spiro atoms. The maximum Gasteiger partial charge on any atom is 0.161 e. The van der Waals surface area contributed by atoms with E-state index in [4.69, 9.17) is 32.7 Å². The molecule has 0 bridgehead atoms. The van der Waals surface area contributed by atoms with E-state index in [1.54, 1.807) is 11.3 Å². The van der Waals surface area contributed by atoms with Crippen LogP contribution in [0.25, 0.3) is 0 Å². The van der Waals surface area contributed by atoms with Crippen LogP contribution in [0.2, 0.25) is 5.02 Å². The average molecular weight is 315 g/mol. The second kappa shape index (κ2) is 5.61. The Kier molecular flexibility index (Phi) is 3.87. The molecule has 2 aromatic rings. The van der Waals surface area contributed by atoms with Gasteiger partial charge in [0.05, 0.1) is 23.6 Å². The van der Waals surface area contributed by atoms with Crippen LogP contribution in [0.5, 0.6) is 11.5 Å². The molecule has 1 aromatic heterocycles. The molecule has 19 heavy (non-hydrogen) atoms. The second-order valence-electron chi connectivity index (χ2n) is 4.25. The fourth-order valence-corrected chi connectivity index (χ4v) is 3.61. The summed E-state index contributed by atoms with van der Waals surface area (Å²) in [5, 5.41) is 2.39. The van der Waals surface area contributed by atoms with E-state index in [0.29, 0.717) is 18.2 Å². The third-order valence-electron chi connectivity index (χ3n) is 2.94. The minimum absolute atomic E-state index is 0.260. The Bertz CT molecular complexity index is 583. The first-order valence-corrected chi connectivity index (χ1v) is 7.71. The van der Waals surface area contributed by atoms with Gasteiger partial charge in [-0.05, 0) is 29.1 Å². The number of thiophene rings is 1. The van der Waals surface area contributed by atoms with Crippen molar-refractivity contribution in [2.45, 2.75) is 11.8 Å². The molecule has 100 valence electrons. The molecular formula is C14H12Cl2O2S. The van der Waals surface area contributed by atoms with E-state index in [1.165, 1.54) is 0 Å². The predicted molar refractivity (Wildman–Crippen MR) is 79.1 cm³/mol. The quantitative estimate of drug-likeness (QED) is 0.735. The summed E-state index contributed by atoms with van der Waals surface area (Å²) in [6, 6.07) is 7.67. The number of benzene rings is 1. The lowest BCUT2D eigenvalue weighted by atomic mass is 10.1. The normalized spacial score (nSPS) is 15.9. The molecule has 1 atom stereocenters. The van der Waals surface area contributed by atoms with Gasteiger partial charge in [-0.3, -0.25) is 0 Å². The van der Waals surface area contributed by atoms with Crippen molar-refractivity contribution >= 4 is 34.5 Å². The lowest BCUT2D eigenvalue weighted by molar-refractivity contribution is 0.297. The van der Waals surface area contributed by atoms with Gasteiger partial charge in [-0.2, -0.15) is 0 Å². The van der Waals surface area contributed by atoms with Gasteiger partial charge in [0.2, 0.25) is 0 Å². The minimum Gasteiger partial charge on any atom is -0.490 e. The van der Waals surface area contributed by atoms with Gasteiger partial charge in [-0.25, -0.2) is 0 Å². The van der Waals surface area contributed by atoms with Crippen LogP contribution in [0, 0.1) is 0 Å². The molecule has 0 radical (unpaired) electrons. The molecule has 0 amide bonds. The van der Waals surface area contributed by atoms with Crippen molar-refractivity contribution in [2.75, 3.05) is 13.2 Å². The third kappa shape index (κ3) is 2.69. The molecule has 0 saturated carbocycles. The van der Waals surface area contributed by atoms with Crippen LogP contribution in [-0.4, -0.2) is 13.2 Å². The summed E-state index contributed by atoms with van der Waals surface area (Å²) in [5.74, 6) is 1.54. The fourth-order valence-electron chi connectivity index (χ4n) is 1.98. The van der Waals surface area contributed by atoms with Gasteiger partial charge in [-0.1, -0.05) is 17.7 Å². The summed E-state index contributed by atoms with van der Waals surface area (Å²) in [7, 11) is 0. The number of fused-ring (bicyclic) bond motifs is 1. The van der Waals surface area contributed by atoms with E-state index in [9.17, 15) is 0 Å². The number of rotatable bonds is 2. The van der Waals surface area contributed by atoms with E-state index in [-0.39, 0.29) is 5.38 Å². The Labute approximate surface area is 125 Å². The lowest BCUT2D eigenvalue weighted by Gasteiger charge is -2.12. The molecule has 1 aliphatic rings. The highest BCUT2D eigenvalue weighted by Crippen LogP contribution is 2.40. The number of hydrogen-bond donors (Lipinski definition) is 0. The highest BCUT2D eigenvalue weighted by molar-refractivity contribution is 7.11. The van der Waals surface area contributed by atoms with E-state index in [0.717, 1.165) is 28.4 Å². The van der Waals surface area contributed by atoms with E-state index < -0.39 is 0 Å². The van der Waals surface area contributed by atoms with Crippen molar-refractivity contribution in [3.8, 4) is 11.5 Å². The molecule has 3 rings (SSSR count). The highest BCUT2D eigenvalue weighted by Gasteiger charge is 2.18. The minimum atomic E-state index is -0.260. The fraction of sp³-hybridized carbons (Fsp3) is 0.286. The van der Waals surface area contributed by atoms with E-state index >= 15 is 0 Å². The van der Waals surface area contributed by atoms with Crippen LogP contribution in [-0.2, 0) is 0 Å². The topological polar surface area (TPSA) is 18.5 Å². The van der Waals surface area contributed by atoms with Crippen molar-refractivity contribution in [1.29, 1.82) is 0 Å². The van der Waals surface area contributed by atoms with Gasteiger partial charge in [0, 0.05) is 11.3 Å². The monoisotopic (exact) mass is 314 g/mol. The zero-order valence-electron chi connectivity index (χ0n) is 10.1. The number of halogens is 2. The summed E-state index contributed by atoms with van der Waals surface area (Å²) in [5.41, 5.74) is 0.968.